The molecule has 6 heteroatoms. The summed E-state index contributed by atoms with van der Waals surface area (Å²) in [5.74, 6) is 1.08. The van der Waals surface area contributed by atoms with Gasteiger partial charge in [0.2, 0.25) is 0 Å². The number of hydrogen-bond donors (Lipinski definition) is 1. The normalized spacial score (nSPS) is 20.9. The summed E-state index contributed by atoms with van der Waals surface area (Å²) in [5, 5.41) is 3.47. The van der Waals surface area contributed by atoms with E-state index in [1.807, 2.05) is 11.9 Å². The third-order valence-electron chi connectivity index (χ3n) is 5.29. The van der Waals surface area contributed by atoms with Gasteiger partial charge in [-0.3, -0.25) is 9.79 Å². The Labute approximate surface area is 162 Å². The highest BCUT2D eigenvalue weighted by atomic mass is 16.5. The number of aryl methyl sites for hydroxylation is 2. The average molecular weight is 373 g/mol. The summed E-state index contributed by atoms with van der Waals surface area (Å²) in [7, 11) is 1.82. The molecule has 148 valence electrons. The third-order valence-corrected chi connectivity index (χ3v) is 5.29. The summed E-state index contributed by atoms with van der Waals surface area (Å²) in [4.78, 5) is 21.1. The highest BCUT2D eigenvalue weighted by molar-refractivity contribution is 5.82. The molecule has 6 nitrogen and oxygen atoms in total. The number of nitrogens with zero attached hydrogens (tertiary/aromatic N) is 3. The molecule has 0 bridgehead atoms. The second kappa shape index (κ2) is 9.22. The van der Waals surface area contributed by atoms with Crippen LogP contribution in [-0.4, -0.2) is 74.1 Å². The Balaban J connectivity index is 1.45. The van der Waals surface area contributed by atoms with E-state index in [4.69, 9.17) is 4.74 Å². The Hall–Kier alpha value is -2.08. The zero-order valence-corrected chi connectivity index (χ0v) is 16.8. The van der Waals surface area contributed by atoms with Crippen LogP contribution in [0.5, 0.6) is 0 Å². The van der Waals surface area contributed by atoms with Crippen LogP contribution in [0.3, 0.4) is 0 Å². The quantitative estimate of drug-likeness (QED) is 0.646. The predicted molar refractivity (Wildman–Crippen MR) is 108 cm³/mol. The van der Waals surface area contributed by atoms with Crippen molar-refractivity contribution in [1.29, 1.82) is 0 Å². The molecule has 27 heavy (non-hydrogen) atoms. The van der Waals surface area contributed by atoms with Crippen LogP contribution < -0.4 is 5.32 Å². The van der Waals surface area contributed by atoms with Gasteiger partial charge in [-0.2, -0.15) is 0 Å². The van der Waals surface area contributed by atoms with E-state index >= 15 is 0 Å². The van der Waals surface area contributed by atoms with Gasteiger partial charge < -0.3 is 19.9 Å². The van der Waals surface area contributed by atoms with Gasteiger partial charge in [0.1, 0.15) is 6.10 Å². The Morgan fingerprint density at radius 2 is 1.81 bits per heavy atom. The van der Waals surface area contributed by atoms with Gasteiger partial charge in [-0.1, -0.05) is 29.3 Å². The molecular weight excluding hydrogens is 340 g/mol. The Kier molecular flexibility index (Phi) is 6.72. The van der Waals surface area contributed by atoms with Crippen molar-refractivity contribution in [3.05, 3.63) is 34.9 Å². The van der Waals surface area contributed by atoms with Gasteiger partial charge in [0.15, 0.2) is 5.96 Å². The van der Waals surface area contributed by atoms with Gasteiger partial charge in [0, 0.05) is 46.4 Å². The lowest BCUT2D eigenvalue weighted by molar-refractivity contribution is -0.142. The molecule has 2 saturated heterocycles. The number of carbonyl (C=O) groups excluding carboxylic acids is 1. The molecule has 0 spiro atoms. The van der Waals surface area contributed by atoms with Crippen molar-refractivity contribution in [1.82, 2.24) is 15.1 Å². The number of rotatable bonds is 4. The third kappa shape index (κ3) is 5.22. The zero-order chi connectivity index (χ0) is 19.2. The maximum Gasteiger partial charge on any atom is 0.251 e. The van der Waals surface area contributed by atoms with Crippen molar-refractivity contribution >= 4 is 11.9 Å². The van der Waals surface area contributed by atoms with Crippen molar-refractivity contribution in [2.24, 2.45) is 4.99 Å². The average Bonchev–Trinajstić information content (AvgIpc) is 3.19. The molecule has 1 amide bonds. The number of amides is 1. The summed E-state index contributed by atoms with van der Waals surface area (Å²) in [6, 6.07) is 6.69. The summed E-state index contributed by atoms with van der Waals surface area (Å²) >= 11 is 0. The van der Waals surface area contributed by atoms with Crippen molar-refractivity contribution < 1.29 is 9.53 Å². The first-order chi connectivity index (χ1) is 13.1. The Morgan fingerprint density at radius 1 is 1.15 bits per heavy atom. The number of guanidine groups is 1. The second-order valence-corrected chi connectivity index (χ2v) is 7.53. The zero-order valence-electron chi connectivity index (χ0n) is 16.8. The molecule has 2 aliphatic heterocycles. The van der Waals surface area contributed by atoms with Gasteiger partial charge in [0.05, 0.1) is 0 Å². The lowest BCUT2D eigenvalue weighted by atomic mass is 10.1. The van der Waals surface area contributed by atoms with Crippen molar-refractivity contribution in [3.8, 4) is 0 Å². The fourth-order valence-electron chi connectivity index (χ4n) is 3.98. The summed E-state index contributed by atoms with van der Waals surface area (Å²) in [5.41, 5.74) is 3.96. The highest BCUT2D eigenvalue weighted by Crippen LogP contribution is 2.16. The fourth-order valence-corrected chi connectivity index (χ4v) is 3.98. The maximum atomic E-state index is 12.5. The first-order valence-electron chi connectivity index (χ1n) is 10.00. The van der Waals surface area contributed by atoms with Crippen LogP contribution in [0.4, 0.5) is 0 Å². The van der Waals surface area contributed by atoms with Gasteiger partial charge in [-0.25, -0.2) is 0 Å². The number of carbonyl (C=O) groups is 1. The van der Waals surface area contributed by atoms with E-state index in [1.54, 1.807) is 0 Å². The van der Waals surface area contributed by atoms with E-state index < -0.39 is 0 Å². The SMILES string of the molecule is CN=C(NCCc1cc(C)cc(C)c1)N1CCN(C(=O)C2CCCO2)CC1. The molecule has 1 unspecified atom stereocenters. The number of nitrogens with one attached hydrogen (secondary N) is 1. The van der Waals surface area contributed by atoms with E-state index in [1.165, 1.54) is 16.7 Å². The summed E-state index contributed by atoms with van der Waals surface area (Å²) in [6.07, 6.45) is 2.61. The minimum Gasteiger partial charge on any atom is -0.368 e. The standard InChI is InChI=1S/C21H32N4O2/c1-16-13-17(2)15-18(14-16)6-7-23-21(22-3)25-10-8-24(9-11-25)20(26)19-5-4-12-27-19/h13-15,19H,4-12H2,1-3H3,(H,22,23). The molecule has 0 aliphatic carbocycles. The first kappa shape index (κ1) is 19.7. The number of hydrogen-bond acceptors (Lipinski definition) is 3. The molecule has 2 fully saturated rings. The first-order valence-corrected chi connectivity index (χ1v) is 10.00. The van der Waals surface area contributed by atoms with E-state index in [2.05, 4.69) is 47.3 Å². The molecule has 1 N–H and O–H groups in total. The fraction of sp³-hybridized carbons (Fsp3) is 0.619. The molecule has 0 radical (unpaired) electrons. The molecular formula is C21H32N4O2. The smallest absolute Gasteiger partial charge is 0.251 e. The monoisotopic (exact) mass is 372 g/mol. The molecule has 1 atom stereocenters. The van der Waals surface area contributed by atoms with Crippen LogP contribution in [0.2, 0.25) is 0 Å². The Morgan fingerprint density at radius 3 is 2.41 bits per heavy atom. The predicted octanol–water partition coefficient (Wildman–Crippen LogP) is 1.74. The van der Waals surface area contributed by atoms with E-state index in [0.717, 1.165) is 57.9 Å². The van der Waals surface area contributed by atoms with Gasteiger partial charge in [-0.15, -0.1) is 0 Å². The Bertz CT molecular complexity index is 655. The lowest BCUT2D eigenvalue weighted by Crippen LogP contribution is -2.55. The molecule has 0 saturated carbocycles. The van der Waals surface area contributed by atoms with Gasteiger partial charge in [-0.05, 0) is 38.7 Å². The molecule has 3 rings (SSSR count). The number of aliphatic imine (C=N–C) groups is 1. The summed E-state index contributed by atoms with van der Waals surface area (Å²) in [6.45, 7) is 8.93. The van der Waals surface area contributed by atoms with E-state index in [9.17, 15) is 4.79 Å². The molecule has 0 aromatic heterocycles. The molecule has 2 heterocycles. The van der Waals surface area contributed by atoms with Crippen LogP contribution in [0.1, 0.15) is 29.5 Å². The number of piperazine rings is 1. The van der Waals surface area contributed by atoms with Crippen LogP contribution in [0.15, 0.2) is 23.2 Å². The van der Waals surface area contributed by atoms with E-state index in [-0.39, 0.29) is 12.0 Å². The van der Waals surface area contributed by atoms with Crippen LogP contribution in [0, 0.1) is 13.8 Å². The minimum atomic E-state index is -0.216. The largest absolute Gasteiger partial charge is 0.368 e. The van der Waals surface area contributed by atoms with Crippen molar-refractivity contribution in [3.63, 3.8) is 0 Å². The molecule has 1 aromatic rings. The lowest BCUT2D eigenvalue weighted by Gasteiger charge is -2.37. The van der Waals surface area contributed by atoms with Crippen LogP contribution in [-0.2, 0) is 16.0 Å². The van der Waals surface area contributed by atoms with Gasteiger partial charge >= 0.3 is 0 Å². The number of benzene rings is 1. The van der Waals surface area contributed by atoms with Gasteiger partial charge in [0.25, 0.3) is 5.91 Å². The molecule has 1 aromatic carbocycles. The van der Waals surface area contributed by atoms with Crippen LogP contribution in [0.25, 0.3) is 0 Å². The number of ether oxygens (including phenoxy) is 1. The maximum absolute atomic E-state index is 12.5. The highest BCUT2D eigenvalue weighted by Gasteiger charge is 2.30. The topological polar surface area (TPSA) is 57.2 Å². The second-order valence-electron chi connectivity index (χ2n) is 7.53. The minimum absolute atomic E-state index is 0.157. The van der Waals surface area contributed by atoms with Crippen LogP contribution >= 0.6 is 0 Å². The summed E-state index contributed by atoms with van der Waals surface area (Å²) < 4.78 is 5.53. The van der Waals surface area contributed by atoms with E-state index in [0.29, 0.717) is 6.61 Å². The van der Waals surface area contributed by atoms with Crippen molar-refractivity contribution in [2.75, 3.05) is 46.4 Å². The van der Waals surface area contributed by atoms with Crippen molar-refractivity contribution in [2.45, 2.75) is 39.2 Å². The molecule has 2 aliphatic rings.